The third-order valence-electron chi connectivity index (χ3n) is 7.19. The molecule has 0 aliphatic heterocycles. The quantitative estimate of drug-likeness (QED) is 0.176. The van der Waals surface area contributed by atoms with Gasteiger partial charge in [-0.2, -0.15) is 0 Å². The van der Waals surface area contributed by atoms with Crippen LogP contribution in [0.2, 0.25) is 0 Å². The molecule has 1 aromatic carbocycles. The summed E-state index contributed by atoms with van der Waals surface area (Å²) >= 11 is 0. The van der Waals surface area contributed by atoms with E-state index in [0.29, 0.717) is 11.7 Å². The molecule has 32 heavy (non-hydrogen) atoms. The predicted octanol–water partition coefficient (Wildman–Crippen LogP) is 10.9. The topological polar surface area (TPSA) is 20.2 Å². The van der Waals surface area contributed by atoms with E-state index in [0.717, 1.165) is 6.42 Å². The smallest absolute Gasteiger partial charge is 0.119 e. The van der Waals surface area contributed by atoms with E-state index in [2.05, 4.69) is 32.9 Å². The van der Waals surface area contributed by atoms with Gasteiger partial charge in [-0.15, -0.1) is 0 Å². The summed E-state index contributed by atoms with van der Waals surface area (Å²) in [6, 6.07) is 6.30. The molecule has 0 fully saturated rings. The van der Waals surface area contributed by atoms with Crippen LogP contribution in [0.5, 0.6) is 5.75 Å². The summed E-state index contributed by atoms with van der Waals surface area (Å²) in [4.78, 5) is 0. The van der Waals surface area contributed by atoms with Crippen molar-refractivity contribution in [2.75, 3.05) is 0 Å². The maximum atomic E-state index is 10.9. The van der Waals surface area contributed by atoms with Gasteiger partial charge in [-0.3, -0.25) is 0 Å². The first kappa shape index (κ1) is 29.1. The van der Waals surface area contributed by atoms with E-state index in [9.17, 15) is 5.11 Å². The number of aryl methyl sites for hydroxylation is 1. The number of phenols is 1. The van der Waals surface area contributed by atoms with Crippen molar-refractivity contribution in [3.8, 4) is 5.75 Å². The highest BCUT2D eigenvalue weighted by Crippen LogP contribution is 2.37. The fourth-order valence-electron chi connectivity index (χ4n) is 5.16. The molecule has 1 unspecified atom stereocenters. The Morgan fingerprint density at radius 2 is 1.00 bits per heavy atom. The average Bonchev–Trinajstić information content (AvgIpc) is 2.79. The molecule has 0 amide bonds. The molecule has 1 aromatic rings. The van der Waals surface area contributed by atoms with E-state index in [1.165, 1.54) is 140 Å². The van der Waals surface area contributed by atoms with Crippen LogP contribution in [-0.4, -0.2) is 5.11 Å². The van der Waals surface area contributed by atoms with Crippen molar-refractivity contribution in [3.63, 3.8) is 0 Å². The Balaban J connectivity index is 2.67. The lowest BCUT2D eigenvalue weighted by atomic mass is 9.83. The number of aromatic hydroxyl groups is 1. The van der Waals surface area contributed by atoms with Crippen LogP contribution in [0.3, 0.4) is 0 Å². The maximum Gasteiger partial charge on any atom is 0.119 e. The summed E-state index contributed by atoms with van der Waals surface area (Å²) in [5.74, 6) is 1.11. The zero-order valence-corrected chi connectivity index (χ0v) is 22.1. The third-order valence-corrected chi connectivity index (χ3v) is 7.19. The molecule has 0 spiro atoms. The summed E-state index contributed by atoms with van der Waals surface area (Å²) in [6.07, 6.45) is 27.9. The largest absolute Gasteiger partial charge is 0.508 e. The monoisotopic (exact) mass is 444 g/mol. The molecule has 186 valence electrons. The van der Waals surface area contributed by atoms with Gasteiger partial charge in [0.25, 0.3) is 0 Å². The Morgan fingerprint density at radius 3 is 1.50 bits per heavy atom. The highest BCUT2D eigenvalue weighted by molar-refractivity contribution is 5.42. The second kappa shape index (κ2) is 20.6. The lowest BCUT2D eigenvalue weighted by Gasteiger charge is -2.22. The molecule has 1 atom stereocenters. The van der Waals surface area contributed by atoms with Crippen LogP contribution in [-0.2, 0) is 6.42 Å². The zero-order chi connectivity index (χ0) is 23.3. The molecule has 1 N–H and O–H groups in total. The van der Waals surface area contributed by atoms with Crippen molar-refractivity contribution in [2.24, 2.45) is 0 Å². The van der Waals surface area contributed by atoms with Crippen molar-refractivity contribution >= 4 is 0 Å². The molecule has 1 rings (SSSR count). The van der Waals surface area contributed by atoms with Crippen LogP contribution in [0.1, 0.15) is 166 Å². The van der Waals surface area contributed by atoms with Crippen molar-refractivity contribution in [1.29, 1.82) is 0 Å². The Labute approximate surface area is 201 Å². The second-order valence-corrected chi connectivity index (χ2v) is 10.2. The van der Waals surface area contributed by atoms with Crippen LogP contribution < -0.4 is 0 Å². The zero-order valence-electron chi connectivity index (χ0n) is 22.1. The van der Waals surface area contributed by atoms with E-state index in [1.54, 1.807) is 0 Å². The van der Waals surface area contributed by atoms with Crippen molar-refractivity contribution in [3.05, 3.63) is 29.3 Å². The first-order valence-corrected chi connectivity index (χ1v) is 14.5. The van der Waals surface area contributed by atoms with Crippen LogP contribution >= 0.6 is 0 Å². The van der Waals surface area contributed by atoms with E-state index < -0.39 is 0 Å². The predicted molar refractivity (Wildman–Crippen MR) is 144 cm³/mol. The minimum Gasteiger partial charge on any atom is -0.508 e. The fraction of sp³-hybridized carbons (Fsp3) is 0.806. The molecular formula is C31H56O. The Kier molecular flexibility index (Phi) is 18.7. The number of hydrogen-bond donors (Lipinski definition) is 1. The summed E-state index contributed by atoms with van der Waals surface area (Å²) in [7, 11) is 0. The molecule has 0 saturated carbocycles. The minimum atomic E-state index is 0.545. The summed E-state index contributed by atoms with van der Waals surface area (Å²) in [6.45, 7) is 6.87. The van der Waals surface area contributed by atoms with Gasteiger partial charge in [0.1, 0.15) is 5.75 Å². The van der Waals surface area contributed by atoms with E-state index in [-0.39, 0.29) is 0 Å². The van der Waals surface area contributed by atoms with Crippen molar-refractivity contribution < 1.29 is 5.11 Å². The van der Waals surface area contributed by atoms with Crippen molar-refractivity contribution in [1.82, 2.24) is 0 Å². The second-order valence-electron chi connectivity index (χ2n) is 10.2. The number of phenolic OH excluding ortho intramolecular Hbond substituents is 1. The van der Waals surface area contributed by atoms with E-state index in [1.807, 2.05) is 6.07 Å². The SMILES string of the molecule is CCCCCCCCCC(CCCCCCCC)c1c(O)cccc1CCCCCCC. The molecule has 0 heterocycles. The first-order valence-electron chi connectivity index (χ1n) is 14.5. The van der Waals surface area contributed by atoms with Gasteiger partial charge < -0.3 is 5.11 Å². The fourth-order valence-corrected chi connectivity index (χ4v) is 5.16. The van der Waals surface area contributed by atoms with E-state index in [4.69, 9.17) is 0 Å². The van der Waals surface area contributed by atoms with Gasteiger partial charge in [-0.1, -0.05) is 142 Å². The number of benzene rings is 1. The molecule has 0 aliphatic carbocycles. The number of unbranched alkanes of at least 4 members (excludes halogenated alkanes) is 15. The lowest BCUT2D eigenvalue weighted by molar-refractivity contribution is 0.435. The number of hydrogen-bond acceptors (Lipinski definition) is 1. The molecule has 0 saturated heterocycles. The minimum absolute atomic E-state index is 0.545. The van der Waals surface area contributed by atoms with Gasteiger partial charge in [0.15, 0.2) is 0 Å². The molecule has 0 radical (unpaired) electrons. The average molecular weight is 445 g/mol. The van der Waals surface area contributed by atoms with E-state index >= 15 is 0 Å². The molecule has 0 bridgehead atoms. The molecule has 0 aromatic heterocycles. The Hall–Kier alpha value is -0.980. The van der Waals surface area contributed by atoms with Gasteiger partial charge in [-0.25, -0.2) is 0 Å². The Bertz CT molecular complexity index is 535. The van der Waals surface area contributed by atoms with Gasteiger partial charge in [0, 0.05) is 5.56 Å². The normalized spacial score (nSPS) is 12.3. The number of rotatable bonds is 22. The summed E-state index contributed by atoms with van der Waals surface area (Å²) < 4.78 is 0. The van der Waals surface area contributed by atoms with Gasteiger partial charge in [0.05, 0.1) is 0 Å². The van der Waals surface area contributed by atoms with Crippen LogP contribution in [0.25, 0.3) is 0 Å². The van der Waals surface area contributed by atoms with Crippen LogP contribution in [0.15, 0.2) is 18.2 Å². The molecule has 1 heteroatoms. The first-order chi connectivity index (χ1) is 15.7. The van der Waals surface area contributed by atoms with Crippen LogP contribution in [0, 0.1) is 0 Å². The standard InChI is InChI=1S/C31H56O/c1-4-7-10-13-15-18-21-24-28(23-20-17-14-11-8-5-2)31-29(26-22-27-30(31)32)25-19-16-12-9-6-3/h22,26-28,32H,4-21,23-25H2,1-3H3. The third kappa shape index (κ3) is 13.5. The highest BCUT2D eigenvalue weighted by Gasteiger charge is 2.19. The van der Waals surface area contributed by atoms with Crippen molar-refractivity contribution in [2.45, 2.75) is 162 Å². The lowest BCUT2D eigenvalue weighted by Crippen LogP contribution is -2.05. The maximum absolute atomic E-state index is 10.9. The summed E-state index contributed by atoms with van der Waals surface area (Å²) in [5, 5.41) is 10.9. The highest BCUT2D eigenvalue weighted by atomic mass is 16.3. The van der Waals surface area contributed by atoms with Crippen LogP contribution in [0.4, 0.5) is 0 Å². The van der Waals surface area contributed by atoms with Gasteiger partial charge >= 0.3 is 0 Å². The summed E-state index contributed by atoms with van der Waals surface area (Å²) in [5.41, 5.74) is 2.74. The Morgan fingerprint density at radius 1 is 0.562 bits per heavy atom. The molecular weight excluding hydrogens is 388 g/mol. The van der Waals surface area contributed by atoms with Gasteiger partial charge in [-0.05, 0) is 43.2 Å². The van der Waals surface area contributed by atoms with Gasteiger partial charge in [0.2, 0.25) is 0 Å². The molecule has 1 nitrogen and oxygen atoms in total. The molecule has 0 aliphatic rings.